The lowest BCUT2D eigenvalue weighted by Crippen LogP contribution is -1.97. The molecule has 0 spiro atoms. The fourth-order valence-corrected chi connectivity index (χ4v) is 3.45. The van der Waals surface area contributed by atoms with Gasteiger partial charge in [-0.25, -0.2) is 4.98 Å². The van der Waals surface area contributed by atoms with Gasteiger partial charge in [-0.2, -0.15) is 4.98 Å². The van der Waals surface area contributed by atoms with E-state index in [1.54, 1.807) is 20.4 Å². The van der Waals surface area contributed by atoms with Crippen molar-refractivity contribution in [3.8, 4) is 29.0 Å². The third kappa shape index (κ3) is 2.52. The monoisotopic (exact) mass is 315 g/mol. The average Bonchev–Trinajstić information content (AvgIpc) is 3.50. The standard InChI is InChI=1S/C17H21N3O3/c1-21-15-12(11-6-10(11)9-4-5-9)7-14(19-15)13-8-18-17(23-3)20-16(13)22-2/h7-11,19H,4-6H2,1-3H3. The Balaban J connectivity index is 1.68. The third-order valence-electron chi connectivity index (χ3n) is 4.88. The van der Waals surface area contributed by atoms with Crippen LogP contribution < -0.4 is 14.2 Å². The highest BCUT2D eigenvalue weighted by Crippen LogP contribution is 2.61. The van der Waals surface area contributed by atoms with Crippen LogP contribution in [-0.2, 0) is 0 Å². The van der Waals surface area contributed by atoms with E-state index in [1.807, 2.05) is 0 Å². The van der Waals surface area contributed by atoms with Crippen LogP contribution in [0.4, 0.5) is 0 Å². The minimum absolute atomic E-state index is 0.292. The zero-order chi connectivity index (χ0) is 16.0. The van der Waals surface area contributed by atoms with E-state index in [2.05, 4.69) is 21.0 Å². The van der Waals surface area contributed by atoms with Crippen molar-refractivity contribution in [3.63, 3.8) is 0 Å². The van der Waals surface area contributed by atoms with Crippen molar-refractivity contribution in [2.75, 3.05) is 21.3 Å². The molecule has 0 amide bonds. The van der Waals surface area contributed by atoms with Crippen LogP contribution in [0.15, 0.2) is 12.3 Å². The van der Waals surface area contributed by atoms with Crippen molar-refractivity contribution in [2.45, 2.75) is 25.2 Å². The molecule has 2 unspecified atom stereocenters. The highest BCUT2D eigenvalue weighted by Gasteiger charge is 2.49. The van der Waals surface area contributed by atoms with E-state index in [1.165, 1.54) is 31.9 Å². The maximum absolute atomic E-state index is 5.55. The molecule has 0 aromatic carbocycles. The fraction of sp³-hybridized carbons (Fsp3) is 0.529. The van der Waals surface area contributed by atoms with Crippen molar-refractivity contribution in [3.05, 3.63) is 17.8 Å². The SMILES string of the molecule is COc1ncc(-c2cc(C3CC3C3CC3)c(OC)[nH]2)c(OC)n1. The minimum atomic E-state index is 0.292. The largest absolute Gasteiger partial charge is 0.482 e. The summed E-state index contributed by atoms with van der Waals surface area (Å²) in [6, 6.07) is 2.44. The smallest absolute Gasteiger partial charge is 0.319 e. The maximum Gasteiger partial charge on any atom is 0.319 e. The number of ether oxygens (including phenoxy) is 3. The second-order valence-electron chi connectivity index (χ2n) is 6.29. The molecule has 0 bridgehead atoms. The van der Waals surface area contributed by atoms with Gasteiger partial charge in [0.05, 0.1) is 32.6 Å². The number of rotatable bonds is 6. The number of nitrogens with one attached hydrogen (secondary N) is 1. The zero-order valence-electron chi connectivity index (χ0n) is 13.6. The van der Waals surface area contributed by atoms with Gasteiger partial charge in [0, 0.05) is 11.8 Å². The number of hydrogen-bond donors (Lipinski definition) is 1. The molecule has 6 nitrogen and oxygen atoms in total. The molecule has 2 aliphatic carbocycles. The molecule has 2 atom stereocenters. The van der Waals surface area contributed by atoms with Gasteiger partial charge in [-0.15, -0.1) is 0 Å². The zero-order valence-corrected chi connectivity index (χ0v) is 13.6. The summed E-state index contributed by atoms with van der Waals surface area (Å²) in [5.74, 6) is 3.71. The lowest BCUT2D eigenvalue weighted by atomic mass is 10.1. The summed E-state index contributed by atoms with van der Waals surface area (Å²) in [7, 11) is 4.83. The number of methoxy groups -OCH3 is 3. The summed E-state index contributed by atoms with van der Waals surface area (Å²) < 4.78 is 16.0. The predicted molar refractivity (Wildman–Crippen MR) is 85.0 cm³/mol. The molecule has 0 radical (unpaired) electrons. The van der Waals surface area contributed by atoms with Crippen molar-refractivity contribution in [2.24, 2.45) is 11.8 Å². The van der Waals surface area contributed by atoms with E-state index in [9.17, 15) is 0 Å². The van der Waals surface area contributed by atoms with Crippen molar-refractivity contribution < 1.29 is 14.2 Å². The lowest BCUT2D eigenvalue weighted by Gasteiger charge is -2.06. The molecule has 122 valence electrons. The number of hydrogen-bond acceptors (Lipinski definition) is 5. The van der Waals surface area contributed by atoms with Crippen molar-refractivity contribution in [1.82, 2.24) is 15.0 Å². The molecule has 2 fully saturated rings. The van der Waals surface area contributed by atoms with Gasteiger partial charge >= 0.3 is 6.01 Å². The third-order valence-corrected chi connectivity index (χ3v) is 4.88. The molecule has 2 heterocycles. The van der Waals surface area contributed by atoms with Crippen LogP contribution in [0, 0.1) is 11.8 Å². The Hall–Kier alpha value is -2.24. The van der Waals surface area contributed by atoms with Gasteiger partial charge < -0.3 is 19.2 Å². The Kier molecular flexibility index (Phi) is 3.39. The van der Waals surface area contributed by atoms with E-state index >= 15 is 0 Å². The van der Waals surface area contributed by atoms with Gasteiger partial charge in [-0.3, -0.25) is 0 Å². The lowest BCUT2D eigenvalue weighted by molar-refractivity contribution is 0.353. The Bertz CT molecular complexity index is 724. The summed E-state index contributed by atoms with van der Waals surface area (Å²) in [5.41, 5.74) is 2.98. The number of H-pyrrole nitrogens is 1. The highest BCUT2D eigenvalue weighted by atomic mass is 16.5. The van der Waals surface area contributed by atoms with Crippen LogP contribution in [0.2, 0.25) is 0 Å². The van der Waals surface area contributed by atoms with E-state index < -0.39 is 0 Å². The molecule has 4 rings (SSSR count). The van der Waals surface area contributed by atoms with Crippen molar-refractivity contribution in [1.29, 1.82) is 0 Å². The predicted octanol–water partition coefficient (Wildman–Crippen LogP) is 3.01. The second-order valence-corrected chi connectivity index (χ2v) is 6.29. The van der Waals surface area contributed by atoms with Crippen LogP contribution in [0.1, 0.15) is 30.7 Å². The molecule has 0 saturated heterocycles. The van der Waals surface area contributed by atoms with Gasteiger partial charge in [0.25, 0.3) is 0 Å². The highest BCUT2D eigenvalue weighted by molar-refractivity contribution is 5.67. The quantitative estimate of drug-likeness (QED) is 0.887. The minimum Gasteiger partial charge on any atom is -0.482 e. The molecule has 0 aliphatic heterocycles. The second kappa shape index (κ2) is 5.44. The summed E-state index contributed by atoms with van der Waals surface area (Å²) in [6.45, 7) is 0. The number of aromatic nitrogens is 3. The first kappa shape index (κ1) is 14.4. The van der Waals surface area contributed by atoms with Gasteiger partial charge in [0.2, 0.25) is 5.88 Å². The Morgan fingerprint density at radius 3 is 2.61 bits per heavy atom. The summed E-state index contributed by atoms with van der Waals surface area (Å²) in [4.78, 5) is 11.8. The maximum atomic E-state index is 5.55. The molecule has 2 aliphatic rings. The Labute approximate surface area is 135 Å². The number of nitrogens with zero attached hydrogens (tertiary/aromatic N) is 2. The van der Waals surface area contributed by atoms with Gasteiger partial charge in [-0.1, -0.05) is 0 Å². The summed E-state index contributed by atoms with van der Waals surface area (Å²) in [6.07, 6.45) is 5.77. The molecular weight excluding hydrogens is 294 g/mol. The summed E-state index contributed by atoms with van der Waals surface area (Å²) >= 11 is 0. The van der Waals surface area contributed by atoms with E-state index in [0.29, 0.717) is 17.8 Å². The number of aromatic amines is 1. The van der Waals surface area contributed by atoms with Gasteiger partial charge in [-0.05, 0) is 43.1 Å². The van der Waals surface area contributed by atoms with Crippen molar-refractivity contribution >= 4 is 0 Å². The first-order valence-corrected chi connectivity index (χ1v) is 7.97. The van der Waals surface area contributed by atoms with Crippen LogP contribution in [0.3, 0.4) is 0 Å². The normalized spacial score (nSPS) is 22.7. The Morgan fingerprint density at radius 2 is 1.96 bits per heavy atom. The van der Waals surface area contributed by atoms with E-state index in [-0.39, 0.29) is 0 Å². The van der Waals surface area contributed by atoms with E-state index in [4.69, 9.17) is 14.2 Å². The van der Waals surface area contributed by atoms with Crippen LogP contribution in [-0.4, -0.2) is 36.3 Å². The molecule has 1 N–H and O–H groups in total. The van der Waals surface area contributed by atoms with Crippen LogP contribution in [0.5, 0.6) is 17.8 Å². The molecule has 2 aromatic heterocycles. The average molecular weight is 315 g/mol. The van der Waals surface area contributed by atoms with Gasteiger partial charge in [0.15, 0.2) is 5.88 Å². The molecule has 2 saturated carbocycles. The topological polar surface area (TPSA) is 69.3 Å². The molecule has 6 heteroatoms. The van der Waals surface area contributed by atoms with E-state index in [0.717, 1.165) is 29.0 Å². The van der Waals surface area contributed by atoms with Crippen LogP contribution >= 0.6 is 0 Å². The first-order valence-electron chi connectivity index (χ1n) is 7.97. The Morgan fingerprint density at radius 1 is 1.13 bits per heavy atom. The molecule has 23 heavy (non-hydrogen) atoms. The first-order chi connectivity index (χ1) is 11.2. The summed E-state index contributed by atoms with van der Waals surface area (Å²) in [5, 5.41) is 0. The van der Waals surface area contributed by atoms with Gasteiger partial charge in [0.1, 0.15) is 0 Å². The molecular formula is C17H21N3O3. The molecule has 2 aromatic rings. The fourth-order valence-electron chi connectivity index (χ4n) is 3.45. The van der Waals surface area contributed by atoms with Crippen LogP contribution in [0.25, 0.3) is 11.3 Å².